The first-order valence-electron chi connectivity index (χ1n) is 4.09. The Hall–Kier alpha value is -0.350. The molecule has 14 heavy (non-hydrogen) atoms. The predicted molar refractivity (Wildman–Crippen MR) is 55.1 cm³/mol. The number of hydrogen-bond donors (Lipinski definition) is 2. The van der Waals surface area contributed by atoms with E-state index < -0.39 is 11.9 Å². The van der Waals surface area contributed by atoms with Crippen LogP contribution in [0.5, 0.6) is 0 Å². The van der Waals surface area contributed by atoms with Gasteiger partial charge in [0.2, 0.25) is 0 Å². The second-order valence-corrected chi connectivity index (χ2v) is 3.66. The molecule has 3 N–H and O–H groups in total. The van der Waals surface area contributed by atoms with E-state index >= 15 is 0 Å². The molecule has 5 heteroatoms. The van der Waals surface area contributed by atoms with Crippen molar-refractivity contribution in [2.75, 3.05) is 6.54 Å². The molecule has 0 heterocycles. The minimum Gasteiger partial charge on any atom is -0.388 e. The lowest BCUT2D eigenvalue weighted by Gasteiger charge is -2.13. The number of hydrogen-bond acceptors (Lipinski definition) is 2. The summed E-state index contributed by atoms with van der Waals surface area (Å²) >= 11 is 11.3. The molecule has 0 radical (unpaired) electrons. The third kappa shape index (κ3) is 2.36. The van der Waals surface area contributed by atoms with Crippen molar-refractivity contribution in [1.82, 2.24) is 0 Å². The second kappa shape index (κ2) is 4.94. The Kier molecular flexibility index (Phi) is 4.13. The monoisotopic (exact) mass is 237 g/mol. The van der Waals surface area contributed by atoms with Gasteiger partial charge in [0.1, 0.15) is 5.82 Å². The van der Waals surface area contributed by atoms with E-state index in [-0.39, 0.29) is 28.6 Å². The van der Waals surface area contributed by atoms with Crippen LogP contribution < -0.4 is 5.73 Å². The number of aliphatic hydroxyl groups excluding tert-OH is 1. The highest BCUT2D eigenvalue weighted by molar-refractivity contribution is 6.33. The molecule has 0 aromatic heterocycles. The van der Waals surface area contributed by atoms with E-state index in [1.165, 1.54) is 12.1 Å². The number of nitrogens with two attached hydrogens (primary N) is 1. The Bertz CT molecular complexity index is 333. The number of aliphatic hydroxyl groups is 1. The van der Waals surface area contributed by atoms with Gasteiger partial charge in [-0.15, -0.1) is 0 Å². The SMILES string of the molecule is NCCC(O)c1c(Cl)ccc(Cl)c1F. The van der Waals surface area contributed by atoms with Crippen LogP contribution in [0.1, 0.15) is 18.1 Å². The van der Waals surface area contributed by atoms with Gasteiger partial charge in [-0.05, 0) is 25.1 Å². The largest absolute Gasteiger partial charge is 0.388 e. The maximum Gasteiger partial charge on any atom is 0.149 e. The zero-order valence-electron chi connectivity index (χ0n) is 7.30. The van der Waals surface area contributed by atoms with Gasteiger partial charge in [-0.1, -0.05) is 23.2 Å². The molecule has 1 unspecified atom stereocenters. The Balaban J connectivity index is 3.11. The molecule has 1 aromatic carbocycles. The smallest absolute Gasteiger partial charge is 0.149 e. The summed E-state index contributed by atoms with van der Waals surface area (Å²) in [6.45, 7) is 0.253. The first-order chi connectivity index (χ1) is 6.57. The molecule has 0 aliphatic rings. The lowest BCUT2D eigenvalue weighted by atomic mass is 10.1. The number of rotatable bonds is 3. The maximum absolute atomic E-state index is 13.4. The van der Waals surface area contributed by atoms with Crippen LogP contribution in [0.4, 0.5) is 4.39 Å². The van der Waals surface area contributed by atoms with Crippen molar-refractivity contribution in [2.24, 2.45) is 5.73 Å². The average Bonchev–Trinajstić information content (AvgIpc) is 2.13. The molecular weight excluding hydrogens is 228 g/mol. The van der Waals surface area contributed by atoms with Crippen molar-refractivity contribution in [1.29, 1.82) is 0 Å². The second-order valence-electron chi connectivity index (χ2n) is 2.85. The van der Waals surface area contributed by atoms with Gasteiger partial charge in [0.15, 0.2) is 0 Å². The lowest BCUT2D eigenvalue weighted by Crippen LogP contribution is -2.09. The fourth-order valence-corrected chi connectivity index (χ4v) is 1.59. The third-order valence-corrected chi connectivity index (χ3v) is 2.47. The van der Waals surface area contributed by atoms with Gasteiger partial charge in [-0.25, -0.2) is 4.39 Å². The summed E-state index contributed by atoms with van der Waals surface area (Å²) in [6.07, 6.45) is -0.761. The molecule has 0 saturated heterocycles. The summed E-state index contributed by atoms with van der Waals surface area (Å²) in [6, 6.07) is 2.79. The molecule has 0 aliphatic heterocycles. The molecule has 0 amide bonds. The summed E-state index contributed by atoms with van der Waals surface area (Å²) in [4.78, 5) is 0. The first-order valence-corrected chi connectivity index (χ1v) is 4.85. The molecule has 1 atom stereocenters. The minimum atomic E-state index is -1.01. The fraction of sp³-hybridized carbons (Fsp3) is 0.333. The summed E-state index contributed by atoms with van der Waals surface area (Å²) in [5.41, 5.74) is 5.26. The van der Waals surface area contributed by atoms with Crippen LogP contribution in [-0.2, 0) is 0 Å². The Labute approximate surface area is 91.4 Å². The van der Waals surface area contributed by atoms with Gasteiger partial charge < -0.3 is 10.8 Å². The zero-order chi connectivity index (χ0) is 10.7. The van der Waals surface area contributed by atoms with E-state index in [9.17, 15) is 9.50 Å². The molecule has 1 rings (SSSR count). The molecule has 0 bridgehead atoms. The van der Waals surface area contributed by atoms with E-state index in [0.717, 1.165) is 0 Å². The van der Waals surface area contributed by atoms with E-state index in [1.54, 1.807) is 0 Å². The Morgan fingerprint density at radius 1 is 1.36 bits per heavy atom. The highest BCUT2D eigenvalue weighted by Crippen LogP contribution is 2.31. The van der Waals surface area contributed by atoms with Crippen LogP contribution in [0.2, 0.25) is 10.0 Å². The van der Waals surface area contributed by atoms with Gasteiger partial charge in [0.25, 0.3) is 0 Å². The minimum absolute atomic E-state index is 0.0182. The normalized spacial score (nSPS) is 12.9. The van der Waals surface area contributed by atoms with Crippen LogP contribution in [0.25, 0.3) is 0 Å². The summed E-state index contributed by atoms with van der Waals surface area (Å²) < 4.78 is 13.4. The van der Waals surface area contributed by atoms with E-state index in [4.69, 9.17) is 28.9 Å². The van der Waals surface area contributed by atoms with E-state index in [1.807, 2.05) is 0 Å². The van der Waals surface area contributed by atoms with Crippen molar-refractivity contribution in [3.63, 3.8) is 0 Å². The predicted octanol–water partition coefficient (Wildman–Crippen LogP) is 2.51. The summed E-state index contributed by atoms with van der Waals surface area (Å²) in [7, 11) is 0. The molecule has 0 fully saturated rings. The third-order valence-electron chi connectivity index (χ3n) is 1.85. The standard InChI is InChI=1S/C9H10Cl2FNO/c10-5-1-2-6(11)9(12)8(5)7(14)3-4-13/h1-2,7,14H,3-4,13H2. The first kappa shape index (κ1) is 11.7. The van der Waals surface area contributed by atoms with Crippen molar-refractivity contribution in [2.45, 2.75) is 12.5 Å². The molecule has 0 saturated carbocycles. The van der Waals surface area contributed by atoms with Crippen molar-refractivity contribution < 1.29 is 9.50 Å². The van der Waals surface area contributed by atoms with Crippen LogP contribution in [0.15, 0.2) is 12.1 Å². The van der Waals surface area contributed by atoms with E-state index in [2.05, 4.69) is 0 Å². The Morgan fingerprint density at radius 2 is 1.93 bits per heavy atom. The fourth-order valence-electron chi connectivity index (χ4n) is 1.15. The Morgan fingerprint density at radius 3 is 2.50 bits per heavy atom. The molecule has 1 aromatic rings. The lowest BCUT2D eigenvalue weighted by molar-refractivity contribution is 0.166. The summed E-state index contributed by atoms with van der Waals surface area (Å²) in [5, 5.41) is 9.65. The van der Waals surface area contributed by atoms with Crippen LogP contribution in [-0.4, -0.2) is 11.7 Å². The van der Waals surface area contributed by atoms with Gasteiger partial charge in [0, 0.05) is 10.6 Å². The van der Waals surface area contributed by atoms with Crippen molar-refractivity contribution >= 4 is 23.2 Å². The summed E-state index contributed by atoms with van der Waals surface area (Å²) in [5.74, 6) is -0.680. The molecule has 78 valence electrons. The highest BCUT2D eigenvalue weighted by atomic mass is 35.5. The quantitative estimate of drug-likeness (QED) is 0.794. The topological polar surface area (TPSA) is 46.2 Å². The highest BCUT2D eigenvalue weighted by Gasteiger charge is 2.18. The number of benzene rings is 1. The molecule has 0 spiro atoms. The molecular formula is C9H10Cl2FNO. The maximum atomic E-state index is 13.4. The van der Waals surface area contributed by atoms with Crippen molar-refractivity contribution in [3.05, 3.63) is 33.6 Å². The van der Waals surface area contributed by atoms with Crippen molar-refractivity contribution in [3.8, 4) is 0 Å². The van der Waals surface area contributed by atoms with Crippen LogP contribution in [0, 0.1) is 5.82 Å². The van der Waals surface area contributed by atoms with Crippen LogP contribution >= 0.6 is 23.2 Å². The van der Waals surface area contributed by atoms with Gasteiger partial charge in [-0.2, -0.15) is 0 Å². The zero-order valence-corrected chi connectivity index (χ0v) is 8.82. The van der Waals surface area contributed by atoms with Crippen LogP contribution in [0.3, 0.4) is 0 Å². The van der Waals surface area contributed by atoms with Gasteiger partial charge in [0.05, 0.1) is 11.1 Å². The van der Waals surface area contributed by atoms with Gasteiger partial charge in [-0.3, -0.25) is 0 Å². The number of halogens is 3. The van der Waals surface area contributed by atoms with E-state index in [0.29, 0.717) is 0 Å². The molecule has 2 nitrogen and oxygen atoms in total. The molecule has 0 aliphatic carbocycles. The average molecular weight is 238 g/mol. The van der Waals surface area contributed by atoms with Gasteiger partial charge >= 0.3 is 0 Å².